The number of nitrogens with two attached hydrogens (primary N) is 2. The number of aliphatic carboxylic acids is 2. The van der Waals surface area contributed by atoms with Crippen molar-refractivity contribution >= 4 is 28.8 Å². The first-order valence-electron chi connectivity index (χ1n) is 12.6. The van der Waals surface area contributed by atoms with Gasteiger partial charge < -0.3 is 31.5 Å². The Morgan fingerprint density at radius 1 is 0.975 bits per heavy atom. The molecule has 0 bridgehead atoms. The SMILES string of the molecule is NCC1(O)CCC(n2nc(-c3ccc(Oc4ccccc4)cc3)c3c(N)ncnc32)CC1.O=C(O)/C=C\C(=O)O. The fraction of sp³-hybridized carbons (Fsp3) is 0.250. The van der Waals surface area contributed by atoms with E-state index >= 15 is 0 Å². The van der Waals surface area contributed by atoms with Crippen LogP contribution in [0.2, 0.25) is 0 Å². The molecule has 0 saturated heterocycles. The van der Waals surface area contributed by atoms with E-state index in [1.54, 1.807) is 0 Å². The molecule has 5 rings (SSSR count). The number of carboxylic acid groups (broad SMARTS) is 2. The third-order valence-electron chi connectivity index (χ3n) is 6.60. The number of benzene rings is 2. The Hall–Kier alpha value is -4.81. The fourth-order valence-electron chi connectivity index (χ4n) is 4.49. The van der Waals surface area contributed by atoms with Crippen LogP contribution in [0.3, 0.4) is 0 Å². The lowest BCUT2D eigenvalue weighted by atomic mass is 9.82. The molecule has 2 aromatic heterocycles. The zero-order chi connectivity index (χ0) is 28.7. The van der Waals surface area contributed by atoms with Crippen molar-refractivity contribution in [3.8, 4) is 22.8 Å². The molecule has 7 N–H and O–H groups in total. The van der Waals surface area contributed by atoms with Crippen molar-refractivity contribution in [1.82, 2.24) is 19.7 Å². The summed E-state index contributed by atoms with van der Waals surface area (Å²) in [5.74, 6) is -0.599. The highest BCUT2D eigenvalue weighted by Gasteiger charge is 2.34. The van der Waals surface area contributed by atoms with E-state index in [0.717, 1.165) is 41.0 Å². The summed E-state index contributed by atoms with van der Waals surface area (Å²) in [5.41, 5.74) is 13.6. The fourth-order valence-corrected chi connectivity index (χ4v) is 4.49. The molecule has 1 fully saturated rings. The van der Waals surface area contributed by atoms with E-state index in [2.05, 4.69) is 9.97 Å². The number of hydrogen-bond donors (Lipinski definition) is 5. The molecule has 208 valence electrons. The molecule has 2 heterocycles. The van der Waals surface area contributed by atoms with Crippen LogP contribution in [-0.4, -0.2) is 59.2 Å². The van der Waals surface area contributed by atoms with Crippen LogP contribution < -0.4 is 16.2 Å². The second kappa shape index (κ2) is 12.4. The van der Waals surface area contributed by atoms with Gasteiger partial charge in [0.05, 0.1) is 17.0 Å². The van der Waals surface area contributed by atoms with Gasteiger partial charge in [0, 0.05) is 24.3 Å². The molecule has 1 saturated carbocycles. The van der Waals surface area contributed by atoms with Gasteiger partial charge in [0.2, 0.25) is 0 Å². The number of para-hydroxylation sites is 1. The summed E-state index contributed by atoms with van der Waals surface area (Å²) in [7, 11) is 0. The Morgan fingerprint density at radius 2 is 1.57 bits per heavy atom. The van der Waals surface area contributed by atoms with Gasteiger partial charge >= 0.3 is 11.9 Å². The molecule has 2 aromatic carbocycles. The molecule has 1 aliphatic rings. The number of hydrogen-bond acceptors (Lipinski definition) is 9. The number of ether oxygens (including phenoxy) is 1. The van der Waals surface area contributed by atoms with Crippen molar-refractivity contribution in [1.29, 1.82) is 0 Å². The highest BCUT2D eigenvalue weighted by atomic mass is 16.5. The maximum absolute atomic E-state index is 10.5. The Morgan fingerprint density at radius 3 is 2.15 bits per heavy atom. The molecule has 4 aromatic rings. The molecule has 12 heteroatoms. The number of aliphatic hydroxyl groups is 1. The number of nitrogen functional groups attached to an aromatic ring is 1. The average Bonchev–Trinajstić information content (AvgIpc) is 3.35. The zero-order valence-corrected chi connectivity index (χ0v) is 21.6. The summed E-state index contributed by atoms with van der Waals surface area (Å²) < 4.78 is 7.84. The highest BCUT2D eigenvalue weighted by Crippen LogP contribution is 2.38. The van der Waals surface area contributed by atoms with Crippen molar-refractivity contribution < 1.29 is 29.6 Å². The second-order valence-corrected chi connectivity index (χ2v) is 9.36. The second-order valence-electron chi connectivity index (χ2n) is 9.36. The minimum atomic E-state index is -1.26. The minimum absolute atomic E-state index is 0.119. The Bertz CT molecular complexity index is 1480. The standard InChI is InChI=1S/C24H26N6O2.C4H4O4/c25-14-24(31)12-10-17(11-13-24)30-23-20(22(26)27-15-28-23)21(29-30)16-6-8-19(9-7-16)32-18-4-2-1-3-5-18;5-3(6)1-2-4(7)8/h1-9,15,17,31H,10-14,25H2,(H2,26,27,28);1-2H,(H,5,6)(H,7,8)/b;2-1-. The molecule has 0 spiro atoms. The maximum atomic E-state index is 10.5. The molecule has 0 unspecified atom stereocenters. The largest absolute Gasteiger partial charge is 0.478 e. The van der Waals surface area contributed by atoms with E-state index in [9.17, 15) is 14.7 Å². The lowest BCUT2D eigenvalue weighted by Crippen LogP contribution is -2.41. The predicted molar refractivity (Wildman–Crippen MR) is 148 cm³/mol. The summed E-state index contributed by atoms with van der Waals surface area (Å²) >= 11 is 0. The molecular formula is C28H30N6O6. The molecule has 1 aliphatic carbocycles. The molecule has 40 heavy (non-hydrogen) atoms. The topological polar surface area (TPSA) is 200 Å². The molecule has 0 radical (unpaired) electrons. The monoisotopic (exact) mass is 546 g/mol. The van der Waals surface area contributed by atoms with Gasteiger partial charge in [0.1, 0.15) is 29.3 Å². The number of carbonyl (C=O) groups is 2. The van der Waals surface area contributed by atoms with Gasteiger partial charge in [-0.05, 0) is 62.1 Å². The zero-order valence-electron chi connectivity index (χ0n) is 21.6. The first-order valence-corrected chi connectivity index (χ1v) is 12.6. The van der Waals surface area contributed by atoms with Gasteiger partial charge in [-0.25, -0.2) is 24.2 Å². The summed E-state index contributed by atoms with van der Waals surface area (Å²) in [6, 6.07) is 17.5. The Labute approximate surface area is 229 Å². The summed E-state index contributed by atoms with van der Waals surface area (Å²) in [6.45, 7) is 0.275. The molecule has 0 amide bonds. The van der Waals surface area contributed by atoms with Crippen LogP contribution in [0.4, 0.5) is 5.82 Å². The van der Waals surface area contributed by atoms with Crippen molar-refractivity contribution in [3.05, 3.63) is 73.1 Å². The first kappa shape index (κ1) is 28.2. The van der Waals surface area contributed by atoms with Crippen LogP contribution >= 0.6 is 0 Å². The Balaban J connectivity index is 0.000000406. The van der Waals surface area contributed by atoms with E-state index in [-0.39, 0.29) is 12.6 Å². The van der Waals surface area contributed by atoms with E-state index in [4.69, 9.17) is 31.5 Å². The summed E-state index contributed by atoms with van der Waals surface area (Å²) in [4.78, 5) is 27.8. The third kappa shape index (κ3) is 6.79. The molecule has 0 aliphatic heterocycles. The highest BCUT2D eigenvalue weighted by molar-refractivity contribution is 5.98. The van der Waals surface area contributed by atoms with Crippen molar-refractivity contribution in [2.75, 3.05) is 12.3 Å². The van der Waals surface area contributed by atoms with Crippen LogP contribution in [0.15, 0.2) is 73.1 Å². The van der Waals surface area contributed by atoms with E-state index < -0.39 is 17.5 Å². The number of nitrogens with zero attached hydrogens (tertiary/aromatic N) is 4. The van der Waals surface area contributed by atoms with Crippen molar-refractivity contribution in [3.63, 3.8) is 0 Å². The molecule has 0 atom stereocenters. The van der Waals surface area contributed by atoms with E-state index in [1.807, 2.05) is 59.3 Å². The van der Waals surface area contributed by atoms with Gasteiger partial charge in [0.25, 0.3) is 0 Å². The van der Waals surface area contributed by atoms with Gasteiger partial charge in [-0.2, -0.15) is 5.10 Å². The van der Waals surface area contributed by atoms with Crippen LogP contribution in [0.25, 0.3) is 22.3 Å². The number of aromatic nitrogens is 4. The van der Waals surface area contributed by atoms with Gasteiger partial charge in [-0.15, -0.1) is 0 Å². The third-order valence-corrected chi connectivity index (χ3v) is 6.60. The van der Waals surface area contributed by atoms with E-state index in [1.165, 1.54) is 6.33 Å². The first-order chi connectivity index (χ1) is 19.2. The smallest absolute Gasteiger partial charge is 0.328 e. The number of fused-ring (bicyclic) bond motifs is 1. The van der Waals surface area contributed by atoms with Crippen LogP contribution in [-0.2, 0) is 9.59 Å². The van der Waals surface area contributed by atoms with E-state index in [0.29, 0.717) is 36.5 Å². The lowest BCUT2D eigenvalue weighted by molar-refractivity contribution is -0.134. The quantitative estimate of drug-likeness (QED) is 0.213. The van der Waals surface area contributed by atoms with Crippen LogP contribution in [0.1, 0.15) is 31.7 Å². The molecular weight excluding hydrogens is 516 g/mol. The number of anilines is 1. The van der Waals surface area contributed by atoms with Crippen molar-refractivity contribution in [2.24, 2.45) is 5.73 Å². The lowest BCUT2D eigenvalue weighted by Gasteiger charge is -2.35. The summed E-state index contributed by atoms with van der Waals surface area (Å²) in [5, 5.41) is 31.8. The molecule has 12 nitrogen and oxygen atoms in total. The predicted octanol–water partition coefficient (Wildman–Crippen LogP) is 3.38. The normalized spacial score (nSPS) is 18.7. The maximum Gasteiger partial charge on any atom is 0.328 e. The van der Waals surface area contributed by atoms with Crippen molar-refractivity contribution in [2.45, 2.75) is 37.3 Å². The van der Waals surface area contributed by atoms with Gasteiger partial charge in [-0.1, -0.05) is 18.2 Å². The Kier molecular flexibility index (Phi) is 8.72. The van der Waals surface area contributed by atoms with Crippen LogP contribution in [0, 0.1) is 0 Å². The average molecular weight is 547 g/mol. The van der Waals surface area contributed by atoms with Gasteiger partial charge in [-0.3, -0.25) is 0 Å². The van der Waals surface area contributed by atoms with Gasteiger partial charge in [0.15, 0.2) is 5.65 Å². The minimum Gasteiger partial charge on any atom is -0.478 e. The number of rotatable bonds is 7. The summed E-state index contributed by atoms with van der Waals surface area (Å²) in [6.07, 6.45) is 5.41. The van der Waals surface area contributed by atoms with Crippen LogP contribution in [0.5, 0.6) is 11.5 Å². The number of carboxylic acids is 2.